The minimum absolute atomic E-state index is 1.62. The van der Waals surface area contributed by atoms with Crippen molar-refractivity contribution in [2.24, 2.45) is 0 Å². The van der Waals surface area contributed by atoms with Gasteiger partial charge in [0.25, 0.3) is 0 Å². The van der Waals surface area contributed by atoms with Crippen LogP contribution in [0.5, 0.6) is 0 Å². The third kappa shape index (κ3) is 5.28. The van der Waals surface area contributed by atoms with E-state index in [0.29, 0.717) is 0 Å². The van der Waals surface area contributed by atoms with Crippen LogP contribution in [0.4, 0.5) is 0 Å². The van der Waals surface area contributed by atoms with Gasteiger partial charge in [0.1, 0.15) is 0 Å². The van der Waals surface area contributed by atoms with Gasteiger partial charge in [-0.05, 0) is 13.8 Å². The number of ether oxygens (including phenoxy) is 1. The molecule has 0 aliphatic rings. The highest BCUT2D eigenvalue weighted by atomic mass is 16.5. The van der Waals surface area contributed by atoms with Gasteiger partial charge >= 0.3 is 0 Å². The molecule has 0 saturated carbocycles. The van der Waals surface area contributed by atoms with Gasteiger partial charge in [-0.2, -0.15) is 0 Å². The van der Waals surface area contributed by atoms with Gasteiger partial charge in [0.15, 0.2) is 0 Å². The van der Waals surface area contributed by atoms with Crippen LogP contribution in [0.3, 0.4) is 0 Å². The first kappa shape index (κ1) is 6.28. The lowest BCUT2D eigenvalue weighted by Crippen LogP contribution is -1.59. The van der Waals surface area contributed by atoms with E-state index in [1.54, 1.807) is 12.5 Å². The molecule has 1 heteroatoms. The van der Waals surface area contributed by atoms with Gasteiger partial charge < -0.3 is 4.74 Å². The molecule has 0 aliphatic heterocycles. The summed E-state index contributed by atoms with van der Waals surface area (Å²) in [6, 6.07) is 0. The Morgan fingerprint density at radius 1 is 1.00 bits per heavy atom. The van der Waals surface area contributed by atoms with E-state index < -0.39 is 0 Å². The van der Waals surface area contributed by atoms with Gasteiger partial charge in [-0.15, -0.1) is 0 Å². The molecular weight excluding hydrogens is 88.1 g/mol. The lowest BCUT2D eigenvalue weighted by atomic mass is 10.7. The topological polar surface area (TPSA) is 9.23 Å². The Hall–Kier alpha value is -0.720. The van der Waals surface area contributed by atoms with E-state index in [1.807, 2.05) is 26.0 Å². The van der Waals surface area contributed by atoms with Crippen LogP contribution < -0.4 is 0 Å². The van der Waals surface area contributed by atoms with E-state index in [4.69, 9.17) is 4.74 Å². The third-order valence-electron chi connectivity index (χ3n) is 0.429. The van der Waals surface area contributed by atoms with Gasteiger partial charge in [0.2, 0.25) is 0 Å². The summed E-state index contributed by atoms with van der Waals surface area (Å²) < 4.78 is 4.77. The first-order chi connectivity index (χ1) is 3.41. The van der Waals surface area contributed by atoms with E-state index in [2.05, 4.69) is 0 Å². The number of rotatable bonds is 2. The summed E-state index contributed by atoms with van der Waals surface area (Å²) in [5, 5.41) is 0. The van der Waals surface area contributed by atoms with Gasteiger partial charge in [-0.3, -0.25) is 0 Å². The zero-order chi connectivity index (χ0) is 5.54. The Labute approximate surface area is 44.3 Å². The molecule has 0 aliphatic carbocycles. The molecule has 0 rings (SSSR count). The maximum atomic E-state index is 4.77. The van der Waals surface area contributed by atoms with E-state index >= 15 is 0 Å². The Morgan fingerprint density at radius 2 is 1.43 bits per heavy atom. The van der Waals surface area contributed by atoms with Crippen LogP contribution in [0.2, 0.25) is 0 Å². The standard InChI is InChI=1S/C6H10O/c1-3-5-7-6-4-2/h3-6H,1-2H3/b5-3-,6-4?. The molecule has 0 unspecified atom stereocenters. The van der Waals surface area contributed by atoms with Crippen LogP contribution >= 0.6 is 0 Å². The normalized spacial score (nSPS) is 11.1. The monoisotopic (exact) mass is 98.1 g/mol. The largest absolute Gasteiger partial charge is 0.473 e. The lowest BCUT2D eigenvalue weighted by Gasteiger charge is -1.82. The lowest BCUT2D eigenvalue weighted by molar-refractivity contribution is 0.401. The molecule has 0 radical (unpaired) electrons. The Balaban J connectivity index is 2.98. The molecule has 7 heavy (non-hydrogen) atoms. The molecule has 1 nitrogen and oxygen atoms in total. The van der Waals surface area contributed by atoms with Gasteiger partial charge in [-0.25, -0.2) is 0 Å². The minimum Gasteiger partial charge on any atom is -0.473 e. The Bertz CT molecular complexity index is 62.2. The fourth-order valence-corrected chi connectivity index (χ4v) is 0.202. The zero-order valence-corrected chi connectivity index (χ0v) is 4.72. The summed E-state index contributed by atoms with van der Waals surface area (Å²) in [5.41, 5.74) is 0. The predicted molar refractivity (Wildman–Crippen MR) is 30.7 cm³/mol. The molecule has 0 atom stereocenters. The summed E-state index contributed by atoms with van der Waals surface area (Å²) in [7, 11) is 0. The first-order valence-electron chi connectivity index (χ1n) is 2.29. The SMILES string of the molecule is CC=CO/C=C\C. The quantitative estimate of drug-likeness (QED) is 0.480. The average molecular weight is 98.1 g/mol. The highest BCUT2D eigenvalue weighted by molar-refractivity contribution is 4.73. The summed E-state index contributed by atoms with van der Waals surface area (Å²) in [5.74, 6) is 0. The average Bonchev–Trinajstić information content (AvgIpc) is 1.69. The number of allylic oxidation sites excluding steroid dienone is 2. The smallest absolute Gasteiger partial charge is 0.0858 e. The maximum absolute atomic E-state index is 4.77. The molecule has 0 aromatic carbocycles. The zero-order valence-electron chi connectivity index (χ0n) is 4.72. The fraction of sp³-hybridized carbons (Fsp3) is 0.333. The number of hydrogen-bond donors (Lipinski definition) is 0. The molecule has 0 saturated heterocycles. The summed E-state index contributed by atoms with van der Waals surface area (Å²) >= 11 is 0. The molecule has 0 amide bonds. The molecule has 0 fully saturated rings. The third-order valence-corrected chi connectivity index (χ3v) is 0.429. The van der Waals surface area contributed by atoms with Gasteiger partial charge in [0, 0.05) is 0 Å². The highest BCUT2D eigenvalue weighted by Crippen LogP contribution is 1.76. The van der Waals surface area contributed by atoms with Crippen LogP contribution in [-0.4, -0.2) is 0 Å². The maximum Gasteiger partial charge on any atom is 0.0858 e. The Morgan fingerprint density at radius 3 is 1.71 bits per heavy atom. The fourth-order valence-electron chi connectivity index (χ4n) is 0.202. The van der Waals surface area contributed by atoms with Crippen molar-refractivity contribution in [2.75, 3.05) is 0 Å². The van der Waals surface area contributed by atoms with Crippen molar-refractivity contribution in [3.05, 3.63) is 24.7 Å². The second kappa shape index (κ2) is 5.28. The second-order valence-electron chi connectivity index (χ2n) is 1.07. The molecule has 40 valence electrons. The number of hydrogen-bond acceptors (Lipinski definition) is 1. The van der Waals surface area contributed by atoms with Crippen molar-refractivity contribution in [1.29, 1.82) is 0 Å². The second-order valence-corrected chi connectivity index (χ2v) is 1.07. The van der Waals surface area contributed by atoms with Crippen molar-refractivity contribution >= 4 is 0 Å². The van der Waals surface area contributed by atoms with Crippen LogP contribution in [0.15, 0.2) is 24.7 Å². The predicted octanol–water partition coefficient (Wildman–Crippen LogP) is 2.07. The summed E-state index contributed by atoms with van der Waals surface area (Å²) in [6.07, 6.45) is 6.92. The van der Waals surface area contributed by atoms with Crippen LogP contribution in [-0.2, 0) is 4.74 Å². The van der Waals surface area contributed by atoms with Crippen molar-refractivity contribution < 1.29 is 4.74 Å². The van der Waals surface area contributed by atoms with Gasteiger partial charge in [-0.1, -0.05) is 12.2 Å². The minimum atomic E-state index is 1.62. The van der Waals surface area contributed by atoms with Gasteiger partial charge in [0.05, 0.1) is 12.5 Å². The van der Waals surface area contributed by atoms with Crippen LogP contribution in [0.25, 0.3) is 0 Å². The first-order valence-corrected chi connectivity index (χ1v) is 2.29. The molecule has 0 bridgehead atoms. The molecular formula is C6H10O. The van der Waals surface area contributed by atoms with Crippen molar-refractivity contribution in [3.63, 3.8) is 0 Å². The highest BCUT2D eigenvalue weighted by Gasteiger charge is 1.57. The van der Waals surface area contributed by atoms with E-state index in [9.17, 15) is 0 Å². The molecule has 0 N–H and O–H groups in total. The van der Waals surface area contributed by atoms with E-state index in [-0.39, 0.29) is 0 Å². The van der Waals surface area contributed by atoms with E-state index in [0.717, 1.165) is 0 Å². The van der Waals surface area contributed by atoms with Crippen molar-refractivity contribution in [2.45, 2.75) is 13.8 Å². The summed E-state index contributed by atoms with van der Waals surface area (Å²) in [6.45, 7) is 3.81. The van der Waals surface area contributed by atoms with Crippen molar-refractivity contribution in [3.8, 4) is 0 Å². The molecule has 0 aromatic heterocycles. The molecule has 0 aromatic rings. The van der Waals surface area contributed by atoms with Crippen LogP contribution in [0.1, 0.15) is 13.8 Å². The van der Waals surface area contributed by atoms with Crippen molar-refractivity contribution in [1.82, 2.24) is 0 Å². The Kier molecular flexibility index (Phi) is 4.74. The van der Waals surface area contributed by atoms with Crippen LogP contribution in [0, 0.1) is 0 Å². The molecule has 0 spiro atoms. The summed E-state index contributed by atoms with van der Waals surface area (Å²) in [4.78, 5) is 0. The molecule has 0 heterocycles. The van der Waals surface area contributed by atoms with E-state index in [1.165, 1.54) is 0 Å².